The highest BCUT2D eigenvalue weighted by molar-refractivity contribution is 5.78. The molecular weight excluding hydrogens is 322 g/mol. The van der Waals surface area contributed by atoms with Crippen LogP contribution in [0.3, 0.4) is 0 Å². The molecule has 1 N–H and O–H groups in total. The Morgan fingerprint density at radius 1 is 1.04 bits per heavy atom. The lowest BCUT2D eigenvalue weighted by atomic mass is 9.97. The fraction of sp³-hybridized carbons (Fsp3) is 0.273. The third kappa shape index (κ3) is 4.82. The van der Waals surface area contributed by atoms with Crippen LogP contribution in [0.1, 0.15) is 37.4 Å². The first-order chi connectivity index (χ1) is 12.6. The summed E-state index contributed by atoms with van der Waals surface area (Å²) in [6.45, 7) is 4.35. The van der Waals surface area contributed by atoms with E-state index in [1.807, 2.05) is 54.7 Å². The molecule has 26 heavy (non-hydrogen) atoms. The summed E-state index contributed by atoms with van der Waals surface area (Å²) in [5, 5.41) is 7.55. The molecule has 0 aliphatic rings. The molecule has 4 nitrogen and oxygen atoms in total. The summed E-state index contributed by atoms with van der Waals surface area (Å²) >= 11 is 0. The summed E-state index contributed by atoms with van der Waals surface area (Å²) in [6.07, 6.45) is 4.91. The standard InChI is InChI=1S/C22H25N3O/c1-17(2)13-21(19-9-5-3-6-10-19)24-22(26)14-18-15-23-25(16-18)20-11-7-4-8-12-20/h3-12,15-17,21H,13-14H2,1-2H3,(H,24,26). The number of carbonyl (C=O) groups excluding carboxylic acids is 1. The summed E-state index contributed by atoms with van der Waals surface area (Å²) in [7, 11) is 0. The van der Waals surface area contributed by atoms with Gasteiger partial charge in [0.15, 0.2) is 0 Å². The Balaban J connectivity index is 1.66. The zero-order chi connectivity index (χ0) is 18.4. The first kappa shape index (κ1) is 17.9. The van der Waals surface area contributed by atoms with Crippen molar-refractivity contribution in [3.63, 3.8) is 0 Å². The molecule has 0 bridgehead atoms. The minimum absolute atomic E-state index is 0.0205. The van der Waals surface area contributed by atoms with Crippen LogP contribution in [0, 0.1) is 5.92 Å². The van der Waals surface area contributed by atoms with Crippen molar-refractivity contribution >= 4 is 5.91 Å². The van der Waals surface area contributed by atoms with Crippen molar-refractivity contribution in [2.75, 3.05) is 0 Å². The highest BCUT2D eigenvalue weighted by Gasteiger charge is 2.16. The number of benzene rings is 2. The summed E-state index contributed by atoms with van der Waals surface area (Å²) in [5.41, 5.74) is 3.04. The van der Waals surface area contributed by atoms with Gasteiger partial charge in [-0.1, -0.05) is 62.4 Å². The van der Waals surface area contributed by atoms with E-state index in [9.17, 15) is 4.79 Å². The van der Waals surface area contributed by atoms with Crippen molar-refractivity contribution in [3.8, 4) is 5.69 Å². The monoisotopic (exact) mass is 347 g/mol. The fourth-order valence-electron chi connectivity index (χ4n) is 3.04. The van der Waals surface area contributed by atoms with E-state index >= 15 is 0 Å². The van der Waals surface area contributed by atoms with Gasteiger partial charge in [-0.3, -0.25) is 4.79 Å². The first-order valence-corrected chi connectivity index (χ1v) is 9.05. The number of amides is 1. The second-order valence-electron chi connectivity index (χ2n) is 6.97. The number of hydrogen-bond donors (Lipinski definition) is 1. The van der Waals surface area contributed by atoms with Gasteiger partial charge in [0.25, 0.3) is 0 Å². The van der Waals surface area contributed by atoms with E-state index in [0.29, 0.717) is 12.3 Å². The van der Waals surface area contributed by atoms with Crippen LogP contribution in [0.15, 0.2) is 73.1 Å². The first-order valence-electron chi connectivity index (χ1n) is 9.05. The molecule has 1 amide bonds. The van der Waals surface area contributed by atoms with Crippen LogP contribution in [0.4, 0.5) is 0 Å². The normalized spacial score (nSPS) is 12.1. The lowest BCUT2D eigenvalue weighted by Gasteiger charge is -2.21. The number of nitrogens with zero attached hydrogens (tertiary/aromatic N) is 2. The molecular formula is C22H25N3O. The van der Waals surface area contributed by atoms with Crippen LogP contribution >= 0.6 is 0 Å². The van der Waals surface area contributed by atoms with Crippen molar-refractivity contribution in [1.29, 1.82) is 0 Å². The topological polar surface area (TPSA) is 46.9 Å². The highest BCUT2D eigenvalue weighted by atomic mass is 16.1. The summed E-state index contributed by atoms with van der Waals surface area (Å²) in [6, 6.07) is 20.1. The molecule has 0 aliphatic carbocycles. The number of rotatable bonds is 7. The molecule has 1 unspecified atom stereocenters. The minimum Gasteiger partial charge on any atom is -0.349 e. The van der Waals surface area contributed by atoms with Crippen molar-refractivity contribution in [1.82, 2.24) is 15.1 Å². The Bertz CT molecular complexity index is 825. The largest absolute Gasteiger partial charge is 0.349 e. The van der Waals surface area contributed by atoms with Crippen LogP contribution in [-0.4, -0.2) is 15.7 Å². The molecule has 0 aliphatic heterocycles. The molecule has 0 fully saturated rings. The van der Waals surface area contributed by atoms with Gasteiger partial charge in [0.05, 0.1) is 24.3 Å². The highest BCUT2D eigenvalue weighted by Crippen LogP contribution is 2.21. The Kier molecular flexibility index (Phi) is 5.84. The molecule has 2 aromatic carbocycles. The molecule has 0 spiro atoms. The third-order valence-corrected chi connectivity index (χ3v) is 4.27. The number of nitrogens with one attached hydrogen (secondary N) is 1. The van der Waals surface area contributed by atoms with Crippen LogP contribution < -0.4 is 5.32 Å². The van der Waals surface area contributed by atoms with Crippen molar-refractivity contribution in [2.45, 2.75) is 32.7 Å². The number of carbonyl (C=O) groups is 1. The average molecular weight is 347 g/mol. The van der Waals surface area contributed by atoms with E-state index in [0.717, 1.165) is 23.2 Å². The average Bonchev–Trinajstić information content (AvgIpc) is 3.10. The van der Waals surface area contributed by atoms with Gasteiger partial charge < -0.3 is 5.32 Å². The fourth-order valence-corrected chi connectivity index (χ4v) is 3.04. The molecule has 1 atom stereocenters. The van der Waals surface area contributed by atoms with E-state index in [1.165, 1.54) is 0 Å². The lowest BCUT2D eigenvalue weighted by molar-refractivity contribution is -0.121. The summed E-state index contributed by atoms with van der Waals surface area (Å²) in [5.74, 6) is 0.522. The van der Waals surface area contributed by atoms with Gasteiger partial charge in [0.2, 0.25) is 5.91 Å². The zero-order valence-corrected chi connectivity index (χ0v) is 15.3. The second-order valence-corrected chi connectivity index (χ2v) is 6.97. The van der Waals surface area contributed by atoms with Gasteiger partial charge in [0, 0.05) is 6.20 Å². The van der Waals surface area contributed by atoms with E-state index in [4.69, 9.17) is 0 Å². The summed E-state index contributed by atoms with van der Waals surface area (Å²) < 4.78 is 1.80. The number of hydrogen-bond acceptors (Lipinski definition) is 2. The Labute approximate surface area is 154 Å². The molecule has 0 saturated carbocycles. The van der Waals surface area contributed by atoms with Crippen LogP contribution in [0.2, 0.25) is 0 Å². The Morgan fingerprint density at radius 2 is 1.69 bits per heavy atom. The maximum Gasteiger partial charge on any atom is 0.225 e. The van der Waals surface area contributed by atoms with Gasteiger partial charge >= 0.3 is 0 Å². The van der Waals surface area contributed by atoms with Gasteiger partial charge in [-0.2, -0.15) is 5.10 Å². The molecule has 3 rings (SSSR count). The predicted molar refractivity (Wildman–Crippen MR) is 104 cm³/mol. The molecule has 4 heteroatoms. The van der Waals surface area contributed by atoms with Crippen LogP contribution in [0.25, 0.3) is 5.69 Å². The zero-order valence-electron chi connectivity index (χ0n) is 15.3. The van der Waals surface area contributed by atoms with E-state index in [2.05, 4.69) is 36.4 Å². The quantitative estimate of drug-likeness (QED) is 0.692. The van der Waals surface area contributed by atoms with E-state index in [1.54, 1.807) is 10.9 Å². The van der Waals surface area contributed by atoms with Gasteiger partial charge in [0.1, 0.15) is 0 Å². The maximum absolute atomic E-state index is 12.6. The maximum atomic E-state index is 12.6. The van der Waals surface area contributed by atoms with Gasteiger partial charge in [-0.15, -0.1) is 0 Å². The molecule has 1 aromatic heterocycles. The number of para-hydroxylation sites is 1. The van der Waals surface area contributed by atoms with E-state index < -0.39 is 0 Å². The molecule has 1 heterocycles. The Morgan fingerprint density at radius 3 is 2.35 bits per heavy atom. The van der Waals surface area contributed by atoms with E-state index in [-0.39, 0.29) is 11.9 Å². The van der Waals surface area contributed by atoms with Crippen molar-refractivity contribution in [3.05, 3.63) is 84.2 Å². The van der Waals surface area contributed by atoms with Gasteiger partial charge in [-0.05, 0) is 35.6 Å². The minimum atomic E-state index is 0.0205. The predicted octanol–water partition coefficient (Wildman–Crippen LogP) is 4.32. The van der Waals surface area contributed by atoms with Crippen LogP contribution in [-0.2, 0) is 11.2 Å². The number of aromatic nitrogens is 2. The van der Waals surface area contributed by atoms with Crippen LogP contribution in [0.5, 0.6) is 0 Å². The molecule has 134 valence electrons. The SMILES string of the molecule is CC(C)CC(NC(=O)Cc1cnn(-c2ccccc2)c1)c1ccccc1. The molecule has 3 aromatic rings. The van der Waals surface area contributed by atoms with Gasteiger partial charge in [-0.25, -0.2) is 4.68 Å². The smallest absolute Gasteiger partial charge is 0.225 e. The molecule has 0 saturated heterocycles. The second kappa shape index (κ2) is 8.48. The van der Waals surface area contributed by atoms with Crippen molar-refractivity contribution < 1.29 is 4.79 Å². The summed E-state index contributed by atoms with van der Waals surface area (Å²) in [4.78, 5) is 12.6. The lowest BCUT2D eigenvalue weighted by Crippen LogP contribution is -2.30. The molecule has 0 radical (unpaired) electrons. The van der Waals surface area contributed by atoms with Crippen molar-refractivity contribution in [2.24, 2.45) is 5.92 Å². The Hall–Kier alpha value is -2.88. The third-order valence-electron chi connectivity index (χ3n) is 4.27.